The molecule has 0 saturated carbocycles. The zero-order valence-electron chi connectivity index (χ0n) is 5.30. The van der Waals surface area contributed by atoms with E-state index in [1.807, 2.05) is 10.3 Å². The van der Waals surface area contributed by atoms with E-state index in [2.05, 4.69) is 4.98 Å². The molecule has 58 valence electrons. The Kier molecular flexibility index (Phi) is 1.95. The standard InChI is InChI=1S/C5H4FN3O2/c6-3-1-7-5(11)9-4(3)8-2-10/h1-2H,(H2,7,8,9,10,11). The Morgan fingerprint density at radius 1 is 1.73 bits per heavy atom. The molecule has 1 aromatic heterocycles. The maximum absolute atomic E-state index is 12.5. The minimum Gasteiger partial charge on any atom is -0.312 e. The van der Waals surface area contributed by atoms with E-state index in [0.717, 1.165) is 6.20 Å². The molecule has 0 unspecified atom stereocenters. The van der Waals surface area contributed by atoms with E-state index in [0.29, 0.717) is 0 Å². The first-order chi connectivity index (χ1) is 5.24. The Balaban J connectivity index is 3.12. The molecule has 0 aromatic carbocycles. The van der Waals surface area contributed by atoms with E-state index in [4.69, 9.17) is 0 Å². The molecule has 0 saturated heterocycles. The quantitative estimate of drug-likeness (QED) is 0.567. The zero-order chi connectivity index (χ0) is 8.27. The SMILES string of the molecule is O=CNc1[nH]c(=O)ncc1F. The van der Waals surface area contributed by atoms with Crippen molar-refractivity contribution in [2.45, 2.75) is 0 Å². The summed E-state index contributed by atoms with van der Waals surface area (Å²) in [5.41, 5.74) is -0.712. The number of anilines is 1. The summed E-state index contributed by atoms with van der Waals surface area (Å²) in [6, 6.07) is 0. The molecule has 0 aliphatic heterocycles. The molecule has 5 nitrogen and oxygen atoms in total. The number of carbonyl (C=O) groups is 1. The van der Waals surface area contributed by atoms with Crippen LogP contribution in [0, 0.1) is 5.82 Å². The number of hydrogen-bond donors (Lipinski definition) is 2. The van der Waals surface area contributed by atoms with E-state index in [9.17, 15) is 14.0 Å². The fourth-order valence-electron chi connectivity index (χ4n) is 0.543. The highest BCUT2D eigenvalue weighted by Crippen LogP contribution is 2.02. The van der Waals surface area contributed by atoms with Crippen LogP contribution in [0.3, 0.4) is 0 Å². The lowest BCUT2D eigenvalue weighted by Gasteiger charge is -1.96. The van der Waals surface area contributed by atoms with E-state index in [1.165, 1.54) is 0 Å². The summed E-state index contributed by atoms with van der Waals surface area (Å²) >= 11 is 0. The summed E-state index contributed by atoms with van der Waals surface area (Å²) in [5, 5.41) is 1.97. The maximum atomic E-state index is 12.5. The maximum Gasteiger partial charge on any atom is 0.346 e. The Labute approximate surface area is 60.3 Å². The van der Waals surface area contributed by atoms with Crippen LogP contribution in [0.2, 0.25) is 0 Å². The van der Waals surface area contributed by atoms with Crippen LogP contribution in [-0.4, -0.2) is 16.4 Å². The van der Waals surface area contributed by atoms with Crippen LogP contribution in [-0.2, 0) is 4.79 Å². The molecule has 6 heteroatoms. The Bertz CT molecular complexity index is 322. The van der Waals surface area contributed by atoms with Crippen molar-refractivity contribution < 1.29 is 9.18 Å². The molecule has 1 heterocycles. The van der Waals surface area contributed by atoms with Gasteiger partial charge in [0.1, 0.15) is 0 Å². The Morgan fingerprint density at radius 2 is 2.45 bits per heavy atom. The molecule has 0 aliphatic rings. The normalized spacial score (nSPS) is 9.18. The van der Waals surface area contributed by atoms with Crippen molar-refractivity contribution in [2.75, 3.05) is 5.32 Å². The molecule has 0 fully saturated rings. The van der Waals surface area contributed by atoms with Crippen molar-refractivity contribution in [1.29, 1.82) is 0 Å². The number of hydrogen-bond acceptors (Lipinski definition) is 3. The minimum atomic E-state index is -0.781. The largest absolute Gasteiger partial charge is 0.346 e. The number of H-pyrrole nitrogens is 1. The number of aromatic nitrogens is 2. The van der Waals surface area contributed by atoms with Crippen molar-refractivity contribution >= 4 is 12.2 Å². The van der Waals surface area contributed by atoms with Gasteiger partial charge in [-0.05, 0) is 0 Å². The third kappa shape index (κ3) is 1.60. The monoisotopic (exact) mass is 157 g/mol. The molecule has 0 bridgehead atoms. The lowest BCUT2D eigenvalue weighted by atomic mass is 10.5. The second-order valence-electron chi connectivity index (χ2n) is 1.67. The van der Waals surface area contributed by atoms with Gasteiger partial charge >= 0.3 is 5.69 Å². The molecule has 1 amide bonds. The predicted octanol–water partition coefficient (Wildman–Crippen LogP) is -0.523. The van der Waals surface area contributed by atoms with Crippen LogP contribution in [0.5, 0.6) is 0 Å². The first-order valence-electron chi connectivity index (χ1n) is 2.69. The van der Waals surface area contributed by atoms with Crippen molar-refractivity contribution in [2.24, 2.45) is 0 Å². The summed E-state index contributed by atoms with van der Waals surface area (Å²) in [4.78, 5) is 25.3. The third-order valence-corrected chi connectivity index (χ3v) is 0.969. The van der Waals surface area contributed by atoms with Gasteiger partial charge in [0.05, 0.1) is 6.20 Å². The van der Waals surface area contributed by atoms with Gasteiger partial charge in [0, 0.05) is 0 Å². The number of aromatic amines is 1. The van der Waals surface area contributed by atoms with Crippen molar-refractivity contribution in [3.8, 4) is 0 Å². The topological polar surface area (TPSA) is 74.8 Å². The van der Waals surface area contributed by atoms with Gasteiger partial charge in [-0.25, -0.2) is 9.18 Å². The van der Waals surface area contributed by atoms with E-state index < -0.39 is 11.5 Å². The lowest BCUT2D eigenvalue weighted by molar-refractivity contribution is -0.105. The highest BCUT2D eigenvalue weighted by molar-refractivity contribution is 5.68. The van der Waals surface area contributed by atoms with Gasteiger partial charge in [-0.1, -0.05) is 0 Å². The fourth-order valence-corrected chi connectivity index (χ4v) is 0.543. The average Bonchev–Trinajstić information content (AvgIpc) is 1.98. The van der Waals surface area contributed by atoms with Crippen molar-refractivity contribution in [3.63, 3.8) is 0 Å². The molecule has 11 heavy (non-hydrogen) atoms. The number of rotatable bonds is 2. The molecule has 0 spiro atoms. The van der Waals surface area contributed by atoms with Gasteiger partial charge in [0.2, 0.25) is 6.41 Å². The smallest absolute Gasteiger partial charge is 0.312 e. The molecule has 2 N–H and O–H groups in total. The van der Waals surface area contributed by atoms with Gasteiger partial charge < -0.3 is 5.32 Å². The number of carbonyl (C=O) groups excluding carboxylic acids is 1. The highest BCUT2D eigenvalue weighted by atomic mass is 19.1. The fraction of sp³-hybridized carbons (Fsp3) is 0. The van der Waals surface area contributed by atoms with E-state index in [-0.39, 0.29) is 12.2 Å². The minimum absolute atomic E-state index is 0.258. The summed E-state index contributed by atoms with van der Waals surface area (Å²) < 4.78 is 12.5. The molecule has 1 rings (SSSR count). The highest BCUT2D eigenvalue weighted by Gasteiger charge is 2.00. The zero-order valence-corrected chi connectivity index (χ0v) is 5.30. The number of amides is 1. The molecule has 0 atom stereocenters. The second kappa shape index (κ2) is 2.91. The van der Waals surface area contributed by atoms with Gasteiger partial charge in [0.15, 0.2) is 11.6 Å². The van der Waals surface area contributed by atoms with Gasteiger partial charge in [-0.15, -0.1) is 0 Å². The molecule has 1 aromatic rings. The van der Waals surface area contributed by atoms with Crippen molar-refractivity contribution in [3.05, 3.63) is 22.5 Å². The number of halogens is 1. The van der Waals surface area contributed by atoms with E-state index >= 15 is 0 Å². The first-order valence-corrected chi connectivity index (χ1v) is 2.69. The van der Waals surface area contributed by atoms with Gasteiger partial charge in [-0.2, -0.15) is 4.98 Å². The van der Waals surface area contributed by atoms with Crippen LogP contribution >= 0.6 is 0 Å². The third-order valence-electron chi connectivity index (χ3n) is 0.969. The van der Waals surface area contributed by atoms with Gasteiger partial charge in [-0.3, -0.25) is 9.78 Å². The summed E-state index contributed by atoms with van der Waals surface area (Å²) in [6.45, 7) is 0. The van der Waals surface area contributed by atoms with E-state index in [1.54, 1.807) is 0 Å². The van der Waals surface area contributed by atoms with Gasteiger partial charge in [0.25, 0.3) is 0 Å². The molecule has 0 aliphatic carbocycles. The van der Waals surface area contributed by atoms with Crippen LogP contribution < -0.4 is 11.0 Å². The van der Waals surface area contributed by atoms with Crippen LogP contribution in [0.15, 0.2) is 11.0 Å². The summed E-state index contributed by atoms with van der Waals surface area (Å²) in [7, 11) is 0. The Hall–Kier alpha value is -1.72. The average molecular weight is 157 g/mol. The van der Waals surface area contributed by atoms with Crippen LogP contribution in [0.4, 0.5) is 10.2 Å². The molecular weight excluding hydrogens is 153 g/mol. The number of nitrogens with one attached hydrogen (secondary N) is 2. The Morgan fingerprint density at radius 3 is 3.09 bits per heavy atom. The second-order valence-corrected chi connectivity index (χ2v) is 1.67. The summed E-state index contributed by atoms with van der Waals surface area (Å²) in [5.74, 6) is -1.06. The number of nitrogens with zero attached hydrogens (tertiary/aromatic N) is 1. The lowest BCUT2D eigenvalue weighted by Crippen LogP contribution is -2.14. The van der Waals surface area contributed by atoms with Crippen molar-refractivity contribution in [1.82, 2.24) is 9.97 Å². The molecular formula is C5H4FN3O2. The summed E-state index contributed by atoms with van der Waals surface area (Å²) in [6.07, 6.45) is 0.985. The predicted molar refractivity (Wildman–Crippen MR) is 34.5 cm³/mol. The first kappa shape index (κ1) is 7.39. The molecule has 0 radical (unpaired) electrons. The van der Waals surface area contributed by atoms with Crippen LogP contribution in [0.25, 0.3) is 0 Å². The van der Waals surface area contributed by atoms with Crippen LogP contribution in [0.1, 0.15) is 0 Å².